The van der Waals surface area contributed by atoms with Gasteiger partial charge in [0.15, 0.2) is 0 Å². The molecular weight excluding hydrogens is 189 g/mol. The number of halogens is 1. The highest BCUT2D eigenvalue weighted by Gasteiger charge is 2.09. The van der Waals surface area contributed by atoms with E-state index in [2.05, 4.69) is 5.92 Å². The van der Waals surface area contributed by atoms with Crippen LogP contribution in [-0.2, 0) is 0 Å². The molecule has 1 nitrogen and oxygen atoms in total. The van der Waals surface area contributed by atoms with E-state index in [1.807, 2.05) is 12.1 Å². The lowest BCUT2D eigenvalue weighted by Crippen LogP contribution is -2.07. The quantitative estimate of drug-likeness (QED) is 0.702. The molecule has 0 aromatic heterocycles. The molecule has 15 heavy (non-hydrogen) atoms. The molecule has 0 fully saturated rings. The minimum atomic E-state index is -0.490. The third-order valence-electron chi connectivity index (χ3n) is 2.42. The summed E-state index contributed by atoms with van der Waals surface area (Å²) in [5.41, 5.74) is 6.54. The van der Waals surface area contributed by atoms with Crippen molar-refractivity contribution in [3.05, 3.63) is 47.8 Å². The van der Waals surface area contributed by atoms with Gasteiger partial charge in [-0.05, 0) is 17.0 Å². The van der Waals surface area contributed by atoms with Gasteiger partial charge in [-0.25, -0.2) is 4.39 Å². The average Bonchev–Trinajstić information content (AvgIpc) is 2.29. The van der Waals surface area contributed by atoms with E-state index < -0.39 is 6.04 Å². The predicted molar refractivity (Wildman–Crippen MR) is 59.7 cm³/mol. The molecular formula is C13H10FN. The van der Waals surface area contributed by atoms with Crippen LogP contribution < -0.4 is 5.73 Å². The minimum Gasteiger partial charge on any atom is -0.314 e. The summed E-state index contributed by atoms with van der Waals surface area (Å²) >= 11 is 0. The second kappa shape index (κ2) is 3.72. The first-order valence-electron chi connectivity index (χ1n) is 4.63. The van der Waals surface area contributed by atoms with Crippen LogP contribution in [0.25, 0.3) is 10.8 Å². The summed E-state index contributed by atoms with van der Waals surface area (Å²) in [4.78, 5) is 0. The van der Waals surface area contributed by atoms with Crippen molar-refractivity contribution in [3.63, 3.8) is 0 Å². The smallest absolute Gasteiger partial charge is 0.131 e. The highest BCUT2D eigenvalue weighted by molar-refractivity contribution is 5.87. The normalized spacial score (nSPS) is 12.3. The van der Waals surface area contributed by atoms with E-state index in [9.17, 15) is 4.39 Å². The van der Waals surface area contributed by atoms with Gasteiger partial charge in [0, 0.05) is 5.39 Å². The van der Waals surface area contributed by atoms with Crippen LogP contribution in [0.15, 0.2) is 36.4 Å². The van der Waals surface area contributed by atoms with E-state index in [0.717, 1.165) is 10.9 Å². The number of hydrogen-bond acceptors (Lipinski definition) is 1. The molecule has 2 aromatic carbocycles. The van der Waals surface area contributed by atoms with Crippen LogP contribution in [0, 0.1) is 18.2 Å². The third-order valence-corrected chi connectivity index (χ3v) is 2.42. The van der Waals surface area contributed by atoms with Crippen LogP contribution in [0.2, 0.25) is 0 Å². The standard InChI is InChI=1S/C13H10FN/c1-2-13(15)11-7-8-12(14)10-6-4-3-5-9(10)11/h1,3-8,13H,15H2. The molecule has 0 aliphatic heterocycles. The Morgan fingerprint density at radius 3 is 2.47 bits per heavy atom. The molecule has 2 rings (SSSR count). The van der Waals surface area contributed by atoms with E-state index in [0.29, 0.717) is 5.39 Å². The molecule has 0 radical (unpaired) electrons. The van der Waals surface area contributed by atoms with Gasteiger partial charge in [-0.15, -0.1) is 6.42 Å². The van der Waals surface area contributed by atoms with Crippen molar-refractivity contribution in [3.8, 4) is 12.3 Å². The number of hydrogen-bond donors (Lipinski definition) is 1. The van der Waals surface area contributed by atoms with Crippen molar-refractivity contribution in [2.45, 2.75) is 6.04 Å². The Bertz CT molecular complexity index is 540. The van der Waals surface area contributed by atoms with E-state index in [-0.39, 0.29) is 5.82 Å². The van der Waals surface area contributed by atoms with Crippen molar-refractivity contribution < 1.29 is 4.39 Å². The van der Waals surface area contributed by atoms with E-state index in [1.54, 1.807) is 18.2 Å². The molecule has 2 heteroatoms. The van der Waals surface area contributed by atoms with Crippen molar-refractivity contribution in [2.24, 2.45) is 5.73 Å². The van der Waals surface area contributed by atoms with Gasteiger partial charge in [-0.3, -0.25) is 0 Å². The summed E-state index contributed by atoms with van der Waals surface area (Å²) in [6.07, 6.45) is 5.26. The number of nitrogens with two attached hydrogens (primary N) is 1. The molecule has 0 aliphatic rings. The van der Waals surface area contributed by atoms with Crippen molar-refractivity contribution in [2.75, 3.05) is 0 Å². The number of benzene rings is 2. The van der Waals surface area contributed by atoms with Gasteiger partial charge in [0.2, 0.25) is 0 Å². The summed E-state index contributed by atoms with van der Waals surface area (Å²) in [5, 5.41) is 1.34. The topological polar surface area (TPSA) is 26.0 Å². The zero-order valence-electron chi connectivity index (χ0n) is 8.07. The Morgan fingerprint density at radius 1 is 1.13 bits per heavy atom. The maximum Gasteiger partial charge on any atom is 0.131 e. The number of fused-ring (bicyclic) bond motifs is 1. The molecule has 0 amide bonds. The molecule has 0 saturated carbocycles. The summed E-state index contributed by atoms with van der Waals surface area (Å²) in [6, 6.07) is 9.72. The Kier molecular flexibility index (Phi) is 2.40. The lowest BCUT2D eigenvalue weighted by Gasteiger charge is -2.09. The van der Waals surface area contributed by atoms with E-state index >= 15 is 0 Å². The first-order valence-corrected chi connectivity index (χ1v) is 4.63. The Morgan fingerprint density at radius 2 is 1.80 bits per heavy atom. The first-order chi connectivity index (χ1) is 7.24. The molecule has 1 atom stereocenters. The van der Waals surface area contributed by atoms with Gasteiger partial charge in [0.1, 0.15) is 5.82 Å². The minimum absolute atomic E-state index is 0.251. The van der Waals surface area contributed by atoms with Crippen molar-refractivity contribution in [1.82, 2.24) is 0 Å². The van der Waals surface area contributed by atoms with Gasteiger partial charge in [-0.1, -0.05) is 36.3 Å². The van der Waals surface area contributed by atoms with Crippen LogP contribution in [0.5, 0.6) is 0 Å². The maximum atomic E-state index is 13.4. The molecule has 0 heterocycles. The highest BCUT2D eigenvalue weighted by atomic mass is 19.1. The van der Waals surface area contributed by atoms with Gasteiger partial charge in [-0.2, -0.15) is 0 Å². The average molecular weight is 199 g/mol. The molecule has 0 bridgehead atoms. The summed E-state index contributed by atoms with van der Waals surface area (Å²) < 4.78 is 13.4. The zero-order chi connectivity index (χ0) is 10.8. The lowest BCUT2D eigenvalue weighted by atomic mass is 9.99. The Labute approximate surface area is 87.7 Å². The van der Waals surface area contributed by atoms with Crippen LogP contribution in [-0.4, -0.2) is 0 Å². The maximum absolute atomic E-state index is 13.4. The number of terminal acetylenes is 1. The van der Waals surface area contributed by atoms with Crippen LogP contribution in [0.1, 0.15) is 11.6 Å². The second-order valence-corrected chi connectivity index (χ2v) is 3.33. The fourth-order valence-electron chi connectivity index (χ4n) is 1.65. The van der Waals surface area contributed by atoms with Gasteiger partial charge in [0.25, 0.3) is 0 Å². The fourth-order valence-corrected chi connectivity index (χ4v) is 1.65. The highest BCUT2D eigenvalue weighted by Crippen LogP contribution is 2.24. The molecule has 2 aromatic rings. The summed E-state index contributed by atoms with van der Waals surface area (Å²) in [6.45, 7) is 0. The van der Waals surface area contributed by atoms with E-state index in [1.165, 1.54) is 6.07 Å². The van der Waals surface area contributed by atoms with Crippen LogP contribution in [0.3, 0.4) is 0 Å². The largest absolute Gasteiger partial charge is 0.314 e. The number of rotatable bonds is 1. The molecule has 74 valence electrons. The zero-order valence-corrected chi connectivity index (χ0v) is 8.07. The fraction of sp³-hybridized carbons (Fsp3) is 0.0769. The second-order valence-electron chi connectivity index (χ2n) is 3.33. The Hall–Kier alpha value is -1.85. The summed E-state index contributed by atoms with van der Waals surface area (Å²) in [7, 11) is 0. The van der Waals surface area contributed by atoms with Crippen LogP contribution in [0.4, 0.5) is 4.39 Å². The monoisotopic (exact) mass is 199 g/mol. The van der Waals surface area contributed by atoms with Gasteiger partial charge >= 0.3 is 0 Å². The summed E-state index contributed by atoms with van der Waals surface area (Å²) in [5.74, 6) is 2.20. The molecule has 1 unspecified atom stereocenters. The first kappa shape index (κ1) is 9.70. The predicted octanol–water partition coefficient (Wildman–Crippen LogP) is 2.61. The lowest BCUT2D eigenvalue weighted by molar-refractivity contribution is 0.639. The SMILES string of the molecule is C#CC(N)c1ccc(F)c2ccccc12. The Balaban J connectivity index is 2.78. The van der Waals surface area contributed by atoms with Crippen LogP contribution >= 0.6 is 0 Å². The van der Waals surface area contributed by atoms with Gasteiger partial charge in [0.05, 0.1) is 6.04 Å². The third kappa shape index (κ3) is 1.58. The molecule has 2 N–H and O–H groups in total. The van der Waals surface area contributed by atoms with Crippen molar-refractivity contribution in [1.29, 1.82) is 0 Å². The van der Waals surface area contributed by atoms with Gasteiger partial charge < -0.3 is 5.73 Å². The molecule has 0 saturated heterocycles. The van der Waals surface area contributed by atoms with E-state index in [4.69, 9.17) is 12.2 Å². The molecule has 0 aliphatic carbocycles. The molecule has 0 spiro atoms. The van der Waals surface area contributed by atoms with Crippen molar-refractivity contribution >= 4 is 10.8 Å².